The lowest BCUT2D eigenvalue weighted by atomic mass is 9.71. The first kappa shape index (κ1) is 13.9. The SMILES string of the molecule is C[C@H]1C[C@@H](OC(=O)c2ccccc2O)CC(C)(C)C1. The molecule has 3 heteroatoms. The van der Waals surface area contributed by atoms with Gasteiger partial charge in [-0.25, -0.2) is 4.79 Å². The number of para-hydroxylation sites is 1. The van der Waals surface area contributed by atoms with Crippen molar-refractivity contribution in [2.75, 3.05) is 0 Å². The van der Waals surface area contributed by atoms with E-state index < -0.39 is 5.97 Å². The van der Waals surface area contributed by atoms with Gasteiger partial charge in [-0.15, -0.1) is 0 Å². The Morgan fingerprint density at radius 1 is 1.32 bits per heavy atom. The minimum absolute atomic E-state index is 0.0179. The van der Waals surface area contributed by atoms with Crippen LogP contribution in [0.1, 0.15) is 50.4 Å². The molecule has 0 bridgehead atoms. The Labute approximate surface area is 114 Å². The summed E-state index contributed by atoms with van der Waals surface area (Å²) in [7, 11) is 0. The van der Waals surface area contributed by atoms with Gasteiger partial charge in [0.25, 0.3) is 0 Å². The third-order valence-corrected chi connectivity index (χ3v) is 3.74. The zero-order chi connectivity index (χ0) is 14.0. The van der Waals surface area contributed by atoms with E-state index in [9.17, 15) is 9.90 Å². The third-order valence-electron chi connectivity index (χ3n) is 3.74. The Kier molecular flexibility index (Phi) is 3.83. The van der Waals surface area contributed by atoms with Gasteiger partial charge in [-0.2, -0.15) is 0 Å². The smallest absolute Gasteiger partial charge is 0.342 e. The second-order valence-electron chi connectivity index (χ2n) is 6.46. The second kappa shape index (κ2) is 5.24. The fraction of sp³-hybridized carbons (Fsp3) is 0.562. The maximum absolute atomic E-state index is 12.1. The molecule has 2 rings (SSSR count). The molecular formula is C16H22O3. The van der Waals surface area contributed by atoms with Crippen molar-refractivity contribution in [3.8, 4) is 5.75 Å². The zero-order valence-electron chi connectivity index (χ0n) is 11.8. The van der Waals surface area contributed by atoms with Gasteiger partial charge in [0.1, 0.15) is 17.4 Å². The van der Waals surface area contributed by atoms with E-state index in [4.69, 9.17) is 4.74 Å². The Balaban J connectivity index is 2.05. The highest BCUT2D eigenvalue weighted by Gasteiger charge is 2.34. The van der Waals surface area contributed by atoms with Gasteiger partial charge in [-0.1, -0.05) is 32.9 Å². The predicted octanol–water partition coefficient (Wildman–Crippen LogP) is 3.76. The summed E-state index contributed by atoms with van der Waals surface area (Å²) in [6, 6.07) is 6.51. The van der Waals surface area contributed by atoms with Gasteiger partial charge in [0, 0.05) is 0 Å². The number of phenolic OH excluding ortho intramolecular Hbond substituents is 1. The number of aromatic hydroxyl groups is 1. The van der Waals surface area contributed by atoms with E-state index in [2.05, 4.69) is 20.8 Å². The van der Waals surface area contributed by atoms with Gasteiger partial charge in [-0.3, -0.25) is 0 Å². The molecular weight excluding hydrogens is 240 g/mol. The number of ether oxygens (including phenoxy) is 1. The Morgan fingerprint density at radius 2 is 2.00 bits per heavy atom. The molecule has 1 aromatic carbocycles. The summed E-state index contributed by atoms with van der Waals surface area (Å²) in [6.07, 6.45) is 2.91. The monoisotopic (exact) mass is 262 g/mol. The molecule has 2 atom stereocenters. The number of esters is 1. The van der Waals surface area contributed by atoms with Crippen molar-refractivity contribution < 1.29 is 14.6 Å². The maximum atomic E-state index is 12.1. The predicted molar refractivity (Wildman–Crippen MR) is 74.1 cm³/mol. The van der Waals surface area contributed by atoms with Crippen molar-refractivity contribution in [2.24, 2.45) is 11.3 Å². The molecule has 1 aliphatic rings. The largest absolute Gasteiger partial charge is 0.507 e. The molecule has 0 amide bonds. The summed E-state index contributed by atoms with van der Waals surface area (Å²) in [5, 5.41) is 9.66. The van der Waals surface area contributed by atoms with E-state index in [1.54, 1.807) is 18.2 Å². The highest BCUT2D eigenvalue weighted by molar-refractivity contribution is 5.92. The van der Waals surface area contributed by atoms with Gasteiger partial charge in [-0.05, 0) is 42.7 Å². The van der Waals surface area contributed by atoms with Gasteiger partial charge in [0.2, 0.25) is 0 Å². The summed E-state index contributed by atoms with van der Waals surface area (Å²) in [5.41, 5.74) is 0.458. The average molecular weight is 262 g/mol. The first-order valence-electron chi connectivity index (χ1n) is 6.86. The Hall–Kier alpha value is -1.51. The van der Waals surface area contributed by atoms with Crippen molar-refractivity contribution in [1.82, 2.24) is 0 Å². The molecule has 0 aliphatic heterocycles. The Bertz CT molecular complexity index is 465. The van der Waals surface area contributed by atoms with E-state index in [-0.39, 0.29) is 22.8 Å². The molecule has 1 aliphatic carbocycles. The van der Waals surface area contributed by atoms with E-state index in [1.165, 1.54) is 6.07 Å². The molecule has 0 spiro atoms. The van der Waals surface area contributed by atoms with Crippen LogP contribution in [-0.4, -0.2) is 17.2 Å². The number of rotatable bonds is 2. The molecule has 1 N–H and O–H groups in total. The number of benzene rings is 1. The molecule has 0 radical (unpaired) electrons. The molecule has 19 heavy (non-hydrogen) atoms. The first-order valence-corrected chi connectivity index (χ1v) is 6.86. The average Bonchev–Trinajstić information content (AvgIpc) is 2.26. The summed E-state index contributed by atoms with van der Waals surface area (Å²) in [4.78, 5) is 12.1. The molecule has 0 heterocycles. The van der Waals surface area contributed by atoms with E-state index in [1.807, 2.05) is 0 Å². The summed E-state index contributed by atoms with van der Waals surface area (Å²) < 4.78 is 5.57. The molecule has 104 valence electrons. The second-order valence-corrected chi connectivity index (χ2v) is 6.46. The quantitative estimate of drug-likeness (QED) is 0.825. The van der Waals surface area contributed by atoms with Crippen molar-refractivity contribution in [3.05, 3.63) is 29.8 Å². The van der Waals surface area contributed by atoms with Crippen LogP contribution in [0.3, 0.4) is 0 Å². The van der Waals surface area contributed by atoms with Crippen LogP contribution >= 0.6 is 0 Å². The van der Waals surface area contributed by atoms with Crippen LogP contribution in [-0.2, 0) is 4.74 Å². The third kappa shape index (κ3) is 3.49. The van der Waals surface area contributed by atoms with Crippen LogP contribution in [0.25, 0.3) is 0 Å². The van der Waals surface area contributed by atoms with Crippen molar-refractivity contribution in [1.29, 1.82) is 0 Å². The van der Waals surface area contributed by atoms with Crippen LogP contribution in [0, 0.1) is 11.3 Å². The molecule has 0 aromatic heterocycles. The molecule has 1 fully saturated rings. The molecule has 0 saturated heterocycles. The lowest BCUT2D eigenvalue weighted by Crippen LogP contribution is -2.34. The van der Waals surface area contributed by atoms with Crippen LogP contribution in [0.15, 0.2) is 24.3 Å². The van der Waals surface area contributed by atoms with E-state index in [0.717, 1.165) is 19.3 Å². The molecule has 3 nitrogen and oxygen atoms in total. The lowest BCUT2D eigenvalue weighted by Gasteiger charge is -2.38. The van der Waals surface area contributed by atoms with Crippen molar-refractivity contribution in [2.45, 2.75) is 46.1 Å². The summed E-state index contributed by atoms with van der Waals surface area (Å²) >= 11 is 0. The number of carbonyl (C=O) groups is 1. The molecule has 1 aromatic rings. The first-order chi connectivity index (χ1) is 8.87. The van der Waals surface area contributed by atoms with Crippen LogP contribution in [0.5, 0.6) is 5.75 Å². The topological polar surface area (TPSA) is 46.5 Å². The highest BCUT2D eigenvalue weighted by Crippen LogP contribution is 2.40. The minimum atomic E-state index is -0.423. The summed E-state index contributed by atoms with van der Waals surface area (Å²) in [5.74, 6) is 0.120. The Morgan fingerprint density at radius 3 is 2.63 bits per heavy atom. The van der Waals surface area contributed by atoms with Gasteiger partial charge >= 0.3 is 5.97 Å². The number of carbonyl (C=O) groups excluding carboxylic acids is 1. The number of hydrogen-bond donors (Lipinski definition) is 1. The highest BCUT2D eigenvalue weighted by atomic mass is 16.5. The lowest BCUT2D eigenvalue weighted by molar-refractivity contribution is -0.00734. The zero-order valence-corrected chi connectivity index (χ0v) is 11.8. The van der Waals surface area contributed by atoms with Crippen LogP contribution < -0.4 is 0 Å². The van der Waals surface area contributed by atoms with Crippen LogP contribution in [0.2, 0.25) is 0 Å². The van der Waals surface area contributed by atoms with Gasteiger partial charge in [0.05, 0.1) is 0 Å². The van der Waals surface area contributed by atoms with Crippen LogP contribution in [0.4, 0.5) is 0 Å². The van der Waals surface area contributed by atoms with E-state index >= 15 is 0 Å². The maximum Gasteiger partial charge on any atom is 0.342 e. The molecule has 1 saturated carbocycles. The summed E-state index contributed by atoms with van der Waals surface area (Å²) in [6.45, 7) is 6.62. The fourth-order valence-corrected chi connectivity index (χ4v) is 3.21. The van der Waals surface area contributed by atoms with E-state index in [0.29, 0.717) is 5.92 Å². The number of hydrogen-bond acceptors (Lipinski definition) is 3. The van der Waals surface area contributed by atoms with Crippen molar-refractivity contribution in [3.63, 3.8) is 0 Å². The number of phenols is 1. The standard InChI is InChI=1S/C16H22O3/c1-11-8-12(10-16(2,3)9-11)19-15(18)13-6-4-5-7-14(13)17/h4-7,11-12,17H,8-10H2,1-3H3/t11-,12+/m0/s1. The van der Waals surface area contributed by atoms with Gasteiger partial charge in [0.15, 0.2) is 0 Å². The minimum Gasteiger partial charge on any atom is -0.507 e. The fourth-order valence-electron chi connectivity index (χ4n) is 3.21. The van der Waals surface area contributed by atoms with Crippen molar-refractivity contribution >= 4 is 5.97 Å². The molecule has 0 unspecified atom stereocenters. The van der Waals surface area contributed by atoms with Gasteiger partial charge < -0.3 is 9.84 Å². The normalized spacial score (nSPS) is 25.8.